The number of nitrogens with zero attached hydrogens (tertiary/aromatic N) is 3. The fraction of sp³-hybridized carbons (Fsp3) is 0.652. The fourth-order valence-corrected chi connectivity index (χ4v) is 5.73. The summed E-state index contributed by atoms with van der Waals surface area (Å²) in [5.74, 6) is -0.323. The first kappa shape index (κ1) is 25.5. The van der Waals surface area contributed by atoms with Gasteiger partial charge in [-0.1, -0.05) is 12.8 Å². The van der Waals surface area contributed by atoms with Gasteiger partial charge in [-0.05, 0) is 44.9 Å². The van der Waals surface area contributed by atoms with Crippen molar-refractivity contribution in [2.24, 2.45) is 0 Å². The van der Waals surface area contributed by atoms with E-state index in [1.807, 2.05) is 13.8 Å². The van der Waals surface area contributed by atoms with Gasteiger partial charge >= 0.3 is 0 Å². The van der Waals surface area contributed by atoms with E-state index in [1.165, 1.54) is 10.4 Å². The summed E-state index contributed by atoms with van der Waals surface area (Å²) in [5, 5.41) is 2.90. The molecule has 2 fully saturated rings. The second-order valence-corrected chi connectivity index (χ2v) is 10.3. The first-order valence-corrected chi connectivity index (χ1v) is 13.3. The van der Waals surface area contributed by atoms with E-state index in [-0.39, 0.29) is 23.3 Å². The second-order valence-electron chi connectivity index (χ2n) is 8.40. The van der Waals surface area contributed by atoms with E-state index >= 15 is 0 Å². The van der Waals surface area contributed by atoms with Crippen LogP contribution >= 0.6 is 0 Å². The van der Waals surface area contributed by atoms with Gasteiger partial charge in [-0.25, -0.2) is 8.42 Å². The molecule has 1 N–H and O–H groups in total. The molecule has 184 valence electrons. The van der Waals surface area contributed by atoms with Crippen molar-refractivity contribution in [1.82, 2.24) is 9.21 Å². The summed E-state index contributed by atoms with van der Waals surface area (Å²) in [4.78, 5) is 29.2. The summed E-state index contributed by atoms with van der Waals surface area (Å²) in [6.45, 7) is 7.31. The predicted molar refractivity (Wildman–Crippen MR) is 128 cm³/mol. The molecule has 0 bridgehead atoms. The van der Waals surface area contributed by atoms with E-state index in [1.54, 1.807) is 17.0 Å². The van der Waals surface area contributed by atoms with Crippen molar-refractivity contribution in [3.05, 3.63) is 18.2 Å². The van der Waals surface area contributed by atoms with Gasteiger partial charge in [-0.3, -0.25) is 9.59 Å². The van der Waals surface area contributed by atoms with Crippen molar-refractivity contribution in [3.8, 4) is 0 Å². The monoisotopic (exact) mass is 480 g/mol. The van der Waals surface area contributed by atoms with Gasteiger partial charge in [0.25, 0.3) is 0 Å². The molecule has 2 saturated heterocycles. The molecule has 0 aliphatic carbocycles. The Morgan fingerprint density at radius 3 is 2.45 bits per heavy atom. The third-order valence-electron chi connectivity index (χ3n) is 6.21. The van der Waals surface area contributed by atoms with Crippen molar-refractivity contribution >= 4 is 33.2 Å². The number of anilines is 2. The molecular weight excluding hydrogens is 444 g/mol. The average molecular weight is 481 g/mol. The maximum absolute atomic E-state index is 13.2. The topological polar surface area (TPSA) is 99.3 Å². The molecule has 2 aliphatic rings. The summed E-state index contributed by atoms with van der Waals surface area (Å²) in [7, 11) is -3.70. The highest BCUT2D eigenvalue weighted by atomic mass is 32.2. The minimum Gasteiger partial charge on any atom is -0.379 e. The number of carbonyl (C=O) groups excluding carboxylic acids is 2. The zero-order valence-electron chi connectivity index (χ0n) is 19.7. The number of rotatable bonds is 8. The lowest BCUT2D eigenvalue weighted by Gasteiger charge is -2.28. The standard InChI is InChI=1S/C23H36N4O5S/c1-3-25(4-2)21-11-10-19(33(30,31)27-13-15-32-16-14-27)17-20(21)24-22(28)18-26-12-8-6-5-7-9-23(26)29/h10-11,17H,3-9,12-16,18H2,1-2H3,(H,24,28). The van der Waals surface area contributed by atoms with E-state index in [2.05, 4.69) is 10.2 Å². The van der Waals surface area contributed by atoms with E-state index in [0.717, 1.165) is 31.4 Å². The van der Waals surface area contributed by atoms with Crippen molar-refractivity contribution in [1.29, 1.82) is 0 Å². The molecule has 0 atom stereocenters. The number of benzene rings is 1. The van der Waals surface area contributed by atoms with E-state index in [0.29, 0.717) is 58.0 Å². The Hall–Kier alpha value is -2.17. The molecule has 10 heteroatoms. The first-order chi connectivity index (χ1) is 15.9. The molecule has 0 spiro atoms. The normalized spacial score (nSPS) is 18.5. The maximum atomic E-state index is 13.2. The Bertz CT molecular complexity index is 927. The summed E-state index contributed by atoms with van der Waals surface area (Å²) in [5.41, 5.74) is 1.20. The Kier molecular flexibility index (Phi) is 9.10. The molecule has 2 heterocycles. The quantitative estimate of drug-likeness (QED) is 0.613. The zero-order valence-corrected chi connectivity index (χ0v) is 20.5. The zero-order chi connectivity index (χ0) is 23.8. The van der Waals surface area contributed by atoms with Crippen LogP contribution in [0.25, 0.3) is 0 Å². The van der Waals surface area contributed by atoms with Crippen LogP contribution in [0.2, 0.25) is 0 Å². The molecular formula is C23H36N4O5S. The van der Waals surface area contributed by atoms with E-state index in [9.17, 15) is 18.0 Å². The van der Waals surface area contributed by atoms with Crippen molar-refractivity contribution in [2.75, 3.05) is 62.7 Å². The molecule has 1 aromatic carbocycles. The number of hydrogen-bond donors (Lipinski definition) is 1. The van der Waals surface area contributed by atoms with E-state index < -0.39 is 10.0 Å². The highest BCUT2D eigenvalue weighted by Crippen LogP contribution is 2.30. The minimum absolute atomic E-state index is 0.00235. The summed E-state index contributed by atoms with van der Waals surface area (Å²) in [6.07, 6.45) is 4.30. The Morgan fingerprint density at radius 1 is 1.06 bits per heavy atom. The Labute approximate surface area is 197 Å². The van der Waals surface area contributed by atoms with E-state index in [4.69, 9.17) is 4.74 Å². The van der Waals surface area contributed by atoms with Crippen LogP contribution in [0, 0.1) is 0 Å². The predicted octanol–water partition coefficient (Wildman–Crippen LogP) is 2.28. The van der Waals surface area contributed by atoms with Crippen molar-refractivity contribution < 1.29 is 22.7 Å². The van der Waals surface area contributed by atoms with Crippen LogP contribution in [-0.4, -0.2) is 81.9 Å². The maximum Gasteiger partial charge on any atom is 0.244 e. The summed E-state index contributed by atoms with van der Waals surface area (Å²) < 4.78 is 33.0. The number of nitrogens with one attached hydrogen (secondary N) is 1. The van der Waals surface area contributed by atoms with Gasteiger partial charge in [-0.15, -0.1) is 0 Å². The number of carbonyl (C=O) groups is 2. The highest BCUT2D eigenvalue weighted by molar-refractivity contribution is 7.89. The Morgan fingerprint density at radius 2 is 1.76 bits per heavy atom. The van der Waals surface area contributed by atoms with Crippen LogP contribution in [-0.2, 0) is 24.3 Å². The molecule has 0 saturated carbocycles. The third kappa shape index (κ3) is 6.45. The molecule has 9 nitrogen and oxygen atoms in total. The van der Waals surface area contributed by atoms with Gasteiger partial charge in [0.05, 0.1) is 36.0 Å². The van der Waals surface area contributed by atoms with Gasteiger partial charge in [0.15, 0.2) is 0 Å². The van der Waals surface area contributed by atoms with Gasteiger partial charge in [-0.2, -0.15) is 4.31 Å². The van der Waals surface area contributed by atoms with Crippen molar-refractivity contribution in [2.45, 2.75) is 50.8 Å². The Balaban J connectivity index is 1.84. The van der Waals surface area contributed by atoms with Gasteiger partial charge < -0.3 is 19.9 Å². The third-order valence-corrected chi connectivity index (χ3v) is 8.10. The highest BCUT2D eigenvalue weighted by Gasteiger charge is 2.28. The fourth-order valence-electron chi connectivity index (χ4n) is 4.30. The summed E-state index contributed by atoms with van der Waals surface area (Å²) in [6, 6.07) is 4.87. The lowest BCUT2D eigenvalue weighted by Crippen LogP contribution is -2.40. The van der Waals surface area contributed by atoms with Gasteiger partial charge in [0.1, 0.15) is 0 Å². The van der Waals surface area contributed by atoms with Crippen molar-refractivity contribution in [3.63, 3.8) is 0 Å². The van der Waals surface area contributed by atoms with Crippen LogP contribution in [0.1, 0.15) is 46.0 Å². The molecule has 0 radical (unpaired) electrons. The van der Waals surface area contributed by atoms with Crippen LogP contribution in [0.15, 0.2) is 23.1 Å². The van der Waals surface area contributed by atoms with Crippen LogP contribution in [0.4, 0.5) is 11.4 Å². The van der Waals surface area contributed by atoms with Crippen LogP contribution < -0.4 is 10.2 Å². The number of sulfonamides is 1. The summed E-state index contributed by atoms with van der Waals surface area (Å²) >= 11 is 0. The molecule has 33 heavy (non-hydrogen) atoms. The molecule has 1 aromatic rings. The number of likely N-dealkylation sites (tertiary alicyclic amines) is 1. The lowest BCUT2D eigenvalue weighted by molar-refractivity contribution is -0.135. The van der Waals surface area contributed by atoms with Gasteiger partial charge in [0.2, 0.25) is 21.8 Å². The molecule has 0 aromatic heterocycles. The number of ether oxygens (including phenoxy) is 1. The van der Waals surface area contributed by atoms with Gasteiger partial charge in [0, 0.05) is 39.1 Å². The minimum atomic E-state index is -3.70. The molecule has 3 rings (SSSR count). The lowest BCUT2D eigenvalue weighted by atomic mass is 10.1. The number of amides is 2. The second kappa shape index (κ2) is 11.8. The first-order valence-electron chi connectivity index (χ1n) is 11.9. The largest absolute Gasteiger partial charge is 0.379 e. The number of hydrogen-bond acceptors (Lipinski definition) is 6. The number of morpholine rings is 1. The molecule has 2 aliphatic heterocycles. The van der Waals surface area contributed by atoms with Crippen LogP contribution in [0.5, 0.6) is 0 Å². The average Bonchev–Trinajstić information content (AvgIpc) is 2.81. The SMILES string of the molecule is CCN(CC)c1ccc(S(=O)(=O)N2CCOCC2)cc1NC(=O)CN1CCCCCCC1=O. The smallest absolute Gasteiger partial charge is 0.244 e. The molecule has 2 amide bonds. The van der Waals surface area contributed by atoms with Crippen LogP contribution in [0.3, 0.4) is 0 Å². The molecule has 0 unspecified atom stereocenters.